The second kappa shape index (κ2) is 3.11. The van der Waals surface area contributed by atoms with Gasteiger partial charge in [-0.05, 0) is 19.1 Å². The van der Waals surface area contributed by atoms with Crippen LogP contribution in [-0.2, 0) is 4.74 Å². The zero-order valence-electron chi connectivity index (χ0n) is 6.99. The van der Waals surface area contributed by atoms with E-state index in [1.807, 2.05) is 19.1 Å². The van der Waals surface area contributed by atoms with Crippen molar-refractivity contribution in [1.82, 2.24) is 4.98 Å². The highest BCUT2D eigenvalue weighted by molar-refractivity contribution is 5.19. The van der Waals surface area contributed by atoms with Crippen molar-refractivity contribution in [2.24, 2.45) is 0 Å². The zero-order chi connectivity index (χ0) is 8.39. The Labute approximate surface area is 71.3 Å². The summed E-state index contributed by atoms with van der Waals surface area (Å²) in [6.45, 7) is 3.43. The summed E-state index contributed by atoms with van der Waals surface area (Å²) in [5.41, 5.74) is 1.00. The average molecular weight is 165 g/mol. The van der Waals surface area contributed by atoms with Gasteiger partial charge in [-0.15, -0.1) is 0 Å². The molecule has 1 aromatic rings. The van der Waals surface area contributed by atoms with E-state index in [0.29, 0.717) is 12.7 Å². The third-order valence-corrected chi connectivity index (χ3v) is 1.72. The monoisotopic (exact) mass is 165 g/mol. The summed E-state index contributed by atoms with van der Waals surface area (Å²) < 4.78 is 10.4. The van der Waals surface area contributed by atoms with E-state index in [9.17, 15) is 0 Å². The molecule has 0 aromatic carbocycles. The first-order valence-electron chi connectivity index (χ1n) is 4.01. The van der Waals surface area contributed by atoms with Gasteiger partial charge in [-0.3, -0.25) is 4.98 Å². The van der Waals surface area contributed by atoms with Crippen LogP contribution >= 0.6 is 0 Å². The molecule has 1 atom stereocenters. The molecule has 0 amide bonds. The molecular weight excluding hydrogens is 154 g/mol. The van der Waals surface area contributed by atoms with Crippen molar-refractivity contribution in [2.75, 3.05) is 13.2 Å². The molecule has 0 N–H and O–H groups in total. The molecule has 1 fully saturated rings. The van der Waals surface area contributed by atoms with Crippen LogP contribution in [0.5, 0.6) is 5.75 Å². The van der Waals surface area contributed by atoms with Gasteiger partial charge in [-0.1, -0.05) is 0 Å². The van der Waals surface area contributed by atoms with E-state index in [0.717, 1.165) is 18.1 Å². The van der Waals surface area contributed by atoms with E-state index in [2.05, 4.69) is 4.98 Å². The topological polar surface area (TPSA) is 34.6 Å². The maximum absolute atomic E-state index is 5.40. The summed E-state index contributed by atoms with van der Waals surface area (Å²) in [6.07, 6.45) is 2.05. The quantitative estimate of drug-likeness (QED) is 0.630. The lowest BCUT2D eigenvalue weighted by atomic mass is 10.4. The second-order valence-corrected chi connectivity index (χ2v) is 2.90. The minimum Gasteiger partial charge on any atom is -0.489 e. The molecule has 64 valence electrons. The summed E-state index contributed by atoms with van der Waals surface area (Å²) in [5.74, 6) is 0.816. The molecule has 1 aliphatic rings. The van der Waals surface area contributed by atoms with E-state index < -0.39 is 0 Å². The lowest BCUT2D eigenvalue weighted by Crippen LogP contribution is -2.04. The molecule has 0 saturated carbocycles. The number of nitrogens with zero attached hydrogens (tertiary/aromatic N) is 1. The highest BCUT2D eigenvalue weighted by Gasteiger charge is 2.22. The largest absolute Gasteiger partial charge is 0.489 e. The lowest BCUT2D eigenvalue weighted by molar-refractivity contribution is 0.262. The van der Waals surface area contributed by atoms with E-state index in [-0.39, 0.29) is 0 Å². The number of ether oxygens (including phenoxy) is 2. The molecule has 1 aromatic heterocycles. The molecule has 12 heavy (non-hydrogen) atoms. The minimum absolute atomic E-state index is 0.311. The molecule has 1 aliphatic heterocycles. The van der Waals surface area contributed by atoms with Crippen LogP contribution in [0.4, 0.5) is 0 Å². The summed E-state index contributed by atoms with van der Waals surface area (Å²) in [7, 11) is 0. The number of hydrogen-bond acceptors (Lipinski definition) is 3. The normalized spacial score (nSPS) is 20.6. The molecule has 2 rings (SSSR count). The van der Waals surface area contributed by atoms with Gasteiger partial charge >= 0.3 is 0 Å². The molecule has 0 spiro atoms. The minimum atomic E-state index is 0.311. The number of aryl methyl sites for hydroxylation is 1. The molecule has 0 radical (unpaired) electrons. The van der Waals surface area contributed by atoms with Gasteiger partial charge in [0, 0.05) is 5.69 Å². The number of rotatable bonds is 3. The highest BCUT2D eigenvalue weighted by Crippen LogP contribution is 2.13. The summed E-state index contributed by atoms with van der Waals surface area (Å²) in [4.78, 5) is 4.11. The first-order valence-corrected chi connectivity index (χ1v) is 4.01. The molecule has 1 unspecified atom stereocenters. The molecule has 3 nitrogen and oxygen atoms in total. The summed E-state index contributed by atoms with van der Waals surface area (Å²) in [5, 5.41) is 0. The zero-order valence-corrected chi connectivity index (χ0v) is 6.99. The van der Waals surface area contributed by atoms with Crippen LogP contribution in [0.25, 0.3) is 0 Å². The standard InChI is InChI=1S/C9H11NO2/c1-7-2-3-8(4-10-7)11-5-9-6-12-9/h2-4,9H,5-6H2,1H3. The van der Waals surface area contributed by atoms with Crippen LogP contribution in [-0.4, -0.2) is 24.3 Å². The Kier molecular flexibility index (Phi) is 1.96. The van der Waals surface area contributed by atoms with Gasteiger partial charge in [0.1, 0.15) is 18.5 Å². The van der Waals surface area contributed by atoms with Crippen molar-refractivity contribution in [1.29, 1.82) is 0 Å². The van der Waals surface area contributed by atoms with Crippen LogP contribution in [0.2, 0.25) is 0 Å². The van der Waals surface area contributed by atoms with E-state index in [1.54, 1.807) is 6.20 Å². The Morgan fingerprint density at radius 1 is 1.67 bits per heavy atom. The maximum atomic E-state index is 5.40. The van der Waals surface area contributed by atoms with Gasteiger partial charge in [0.25, 0.3) is 0 Å². The van der Waals surface area contributed by atoms with Crippen LogP contribution in [0.3, 0.4) is 0 Å². The summed E-state index contributed by atoms with van der Waals surface area (Å²) >= 11 is 0. The molecule has 1 saturated heterocycles. The van der Waals surface area contributed by atoms with Gasteiger partial charge in [-0.25, -0.2) is 0 Å². The van der Waals surface area contributed by atoms with Crippen molar-refractivity contribution in [3.8, 4) is 5.75 Å². The maximum Gasteiger partial charge on any atom is 0.137 e. The molecule has 3 heteroatoms. The molecule has 0 bridgehead atoms. The molecule has 2 heterocycles. The Morgan fingerprint density at radius 3 is 3.08 bits per heavy atom. The van der Waals surface area contributed by atoms with Gasteiger partial charge in [0.15, 0.2) is 0 Å². The number of aromatic nitrogens is 1. The van der Waals surface area contributed by atoms with Crippen LogP contribution in [0.15, 0.2) is 18.3 Å². The number of pyridine rings is 1. The lowest BCUT2D eigenvalue weighted by Gasteiger charge is -2.02. The van der Waals surface area contributed by atoms with E-state index >= 15 is 0 Å². The SMILES string of the molecule is Cc1ccc(OCC2CO2)cn1. The first kappa shape index (κ1) is 7.55. The smallest absolute Gasteiger partial charge is 0.137 e. The molecule has 0 aliphatic carbocycles. The Bertz CT molecular complexity index is 254. The third-order valence-electron chi connectivity index (χ3n) is 1.72. The van der Waals surface area contributed by atoms with Crippen molar-refractivity contribution < 1.29 is 9.47 Å². The fraction of sp³-hybridized carbons (Fsp3) is 0.444. The fourth-order valence-corrected chi connectivity index (χ4v) is 0.893. The van der Waals surface area contributed by atoms with Crippen LogP contribution < -0.4 is 4.74 Å². The fourth-order valence-electron chi connectivity index (χ4n) is 0.893. The summed E-state index contributed by atoms with van der Waals surface area (Å²) in [6, 6.07) is 3.85. The predicted molar refractivity (Wildman–Crippen MR) is 44.2 cm³/mol. The second-order valence-electron chi connectivity index (χ2n) is 2.90. The average Bonchev–Trinajstić information content (AvgIpc) is 2.87. The third kappa shape index (κ3) is 1.95. The predicted octanol–water partition coefficient (Wildman–Crippen LogP) is 1.17. The van der Waals surface area contributed by atoms with Crippen molar-refractivity contribution in [2.45, 2.75) is 13.0 Å². The van der Waals surface area contributed by atoms with Gasteiger partial charge in [0.2, 0.25) is 0 Å². The van der Waals surface area contributed by atoms with Gasteiger partial charge in [-0.2, -0.15) is 0 Å². The Morgan fingerprint density at radius 2 is 2.50 bits per heavy atom. The van der Waals surface area contributed by atoms with Crippen molar-refractivity contribution in [3.63, 3.8) is 0 Å². The number of hydrogen-bond donors (Lipinski definition) is 0. The number of epoxide rings is 1. The highest BCUT2D eigenvalue weighted by atomic mass is 16.6. The Hall–Kier alpha value is -1.09. The van der Waals surface area contributed by atoms with Crippen molar-refractivity contribution >= 4 is 0 Å². The van der Waals surface area contributed by atoms with Gasteiger partial charge in [0.05, 0.1) is 12.8 Å². The van der Waals surface area contributed by atoms with E-state index in [1.165, 1.54) is 0 Å². The first-order chi connectivity index (χ1) is 5.84. The van der Waals surface area contributed by atoms with Crippen LogP contribution in [0, 0.1) is 6.92 Å². The van der Waals surface area contributed by atoms with E-state index in [4.69, 9.17) is 9.47 Å². The Balaban J connectivity index is 1.89. The molecular formula is C9H11NO2. The van der Waals surface area contributed by atoms with Crippen molar-refractivity contribution in [3.05, 3.63) is 24.0 Å². The van der Waals surface area contributed by atoms with Crippen LogP contribution in [0.1, 0.15) is 5.69 Å². The van der Waals surface area contributed by atoms with Gasteiger partial charge < -0.3 is 9.47 Å².